The molecule has 1 fully saturated rings. The molecule has 2 N–H and O–H groups in total. The summed E-state index contributed by atoms with van der Waals surface area (Å²) in [6.07, 6.45) is -4.84. The van der Waals surface area contributed by atoms with Crippen LogP contribution in [0, 0.1) is 11.6 Å². The SMILES string of the molecule is CC1(c2ccccc2F)NC(=O)N(CC(=O)NCc2ccc(F)cc2C(F)(F)F)C1=O. The number of urea groups is 1. The van der Waals surface area contributed by atoms with Gasteiger partial charge in [0.1, 0.15) is 23.7 Å². The third-order valence-electron chi connectivity index (χ3n) is 4.84. The Morgan fingerprint density at radius 1 is 1.13 bits per heavy atom. The molecular weight excluding hydrogens is 425 g/mol. The normalized spacial score (nSPS) is 18.8. The zero-order valence-electron chi connectivity index (χ0n) is 16.0. The molecule has 6 nitrogen and oxygen atoms in total. The molecule has 3 rings (SSSR count). The first-order chi connectivity index (χ1) is 14.4. The number of carbonyl (C=O) groups is 3. The van der Waals surface area contributed by atoms with E-state index in [0.717, 1.165) is 18.2 Å². The fourth-order valence-electron chi connectivity index (χ4n) is 3.25. The summed E-state index contributed by atoms with van der Waals surface area (Å²) in [7, 11) is 0. The molecule has 0 saturated carbocycles. The predicted octanol–water partition coefficient (Wildman–Crippen LogP) is 3.07. The lowest BCUT2D eigenvalue weighted by molar-refractivity contribution is -0.138. The van der Waals surface area contributed by atoms with Gasteiger partial charge in [-0.05, 0) is 30.7 Å². The third kappa shape index (κ3) is 4.35. The molecule has 1 atom stereocenters. The Kier molecular flexibility index (Phi) is 5.70. The Bertz CT molecular complexity index is 1060. The van der Waals surface area contributed by atoms with Crippen LogP contribution in [0.2, 0.25) is 0 Å². The van der Waals surface area contributed by atoms with Gasteiger partial charge in [-0.3, -0.25) is 14.5 Å². The van der Waals surface area contributed by atoms with Crippen LogP contribution >= 0.6 is 0 Å². The number of alkyl halides is 3. The fraction of sp³-hybridized carbons (Fsp3) is 0.250. The second-order valence-electron chi connectivity index (χ2n) is 7.00. The van der Waals surface area contributed by atoms with Crippen LogP contribution in [0.4, 0.5) is 26.7 Å². The summed E-state index contributed by atoms with van der Waals surface area (Å²) >= 11 is 0. The molecule has 1 saturated heterocycles. The molecule has 11 heteroatoms. The standard InChI is InChI=1S/C20H16F5N3O3/c1-19(13-4-2-3-5-15(13)22)17(30)28(18(31)27-19)10-16(29)26-9-11-6-7-12(21)8-14(11)20(23,24)25/h2-8H,9-10H2,1H3,(H,26,29)(H,27,31). The number of benzene rings is 2. The van der Waals surface area contributed by atoms with Crippen molar-refractivity contribution in [3.05, 3.63) is 70.8 Å². The maximum Gasteiger partial charge on any atom is 0.416 e. The van der Waals surface area contributed by atoms with Crippen LogP contribution in [0.15, 0.2) is 42.5 Å². The molecule has 4 amide bonds. The number of halogens is 5. The number of rotatable bonds is 5. The lowest BCUT2D eigenvalue weighted by Crippen LogP contribution is -2.43. The van der Waals surface area contributed by atoms with E-state index in [9.17, 15) is 36.3 Å². The van der Waals surface area contributed by atoms with Crippen molar-refractivity contribution in [2.75, 3.05) is 6.54 Å². The van der Waals surface area contributed by atoms with E-state index in [1.54, 1.807) is 0 Å². The summed E-state index contributed by atoms with van der Waals surface area (Å²) in [4.78, 5) is 37.7. The molecule has 1 unspecified atom stereocenters. The second kappa shape index (κ2) is 7.97. The van der Waals surface area contributed by atoms with E-state index in [0.29, 0.717) is 11.0 Å². The number of hydrogen-bond donors (Lipinski definition) is 2. The highest BCUT2D eigenvalue weighted by Gasteiger charge is 2.50. The van der Waals surface area contributed by atoms with Gasteiger partial charge in [0.25, 0.3) is 5.91 Å². The van der Waals surface area contributed by atoms with Crippen LogP contribution in [0.1, 0.15) is 23.6 Å². The zero-order chi connectivity index (χ0) is 23.0. The average molecular weight is 441 g/mol. The third-order valence-corrected chi connectivity index (χ3v) is 4.84. The van der Waals surface area contributed by atoms with Crippen molar-refractivity contribution in [1.82, 2.24) is 15.5 Å². The van der Waals surface area contributed by atoms with E-state index in [2.05, 4.69) is 10.6 Å². The van der Waals surface area contributed by atoms with Crippen LogP contribution < -0.4 is 10.6 Å². The maximum atomic E-state index is 14.1. The lowest BCUT2D eigenvalue weighted by Gasteiger charge is -2.22. The van der Waals surface area contributed by atoms with Gasteiger partial charge in [0.05, 0.1) is 5.56 Å². The van der Waals surface area contributed by atoms with Gasteiger partial charge in [-0.1, -0.05) is 24.3 Å². The molecular formula is C20H16F5N3O3. The number of hydrogen-bond acceptors (Lipinski definition) is 3. The molecule has 1 aliphatic rings. The molecule has 0 radical (unpaired) electrons. The highest BCUT2D eigenvalue weighted by atomic mass is 19.4. The zero-order valence-corrected chi connectivity index (χ0v) is 16.0. The number of imide groups is 1. The number of carbonyl (C=O) groups excluding carboxylic acids is 3. The van der Waals surface area contributed by atoms with E-state index in [4.69, 9.17) is 0 Å². The average Bonchev–Trinajstić information content (AvgIpc) is 2.90. The summed E-state index contributed by atoms with van der Waals surface area (Å²) in [5.74, 6) is -3.65. The smallest absolute Gasteiger partial charge is 0.350 e. The fourth-order valence-corrected chi connectivity index (χ4v) is 3.25. The van der Waals surface area contributed by atoms with Crippen molar-refractivity contribution in [2.45, 2.75) is 25.2 Å². The van der Waals surface area contributed by atoms with Crippen LogP contribution in [-0.2, 0) is 27.8 Å². The van der Waals surface area contributed by atoms with E-state index in [1.165, 1.54) is 25.1 Å². The van der Waals surface area contributed by atoms with E-state index < -0.39 is 65.4 Å². The Morgan fingerprint density at radius 3 is 2.45 bits per heavy atom. The Labute approximate surface area is 173 Å². The monoisotopic (exact) mass is 441 g/mol. The van der Waals surface area contributed by atoms with Gasteiger partial charge < -0.3 is 10.6 Å². The van der Waals surface area contributed by atoms with Gasteiger partial charge in [0.2, 0.25) is 5.91 Å². The van der Waals surface area contributed by atoms with Gasteiger partial charge >= 0.3 is 12.2 Å². The molecule has 2 aromatic rings. The van der Waals surface area contributed by atoms with E-state index in [1.807, 2.05) is 0 Å². The number of amides is 4. The molecule has 0 spiro atoms. The van der Waals surface area contributed by atoms with E-state index >= 15 is 0 Å². The first kappa shape index (κ1) is 22.2. The Morgan fingerprint density at radius 2 is 1.81 bits per heavy atom. The van der Waals surface area contributed by atoms with Crippen molar-refractivity contribution in [3.8, 4) is 0 Å². The molecule has 0 bridgehead atoms. The Balaban J connectivity index is 1.71. The minimum Gasteiger partial charge on any atom is -0.350 e. The summed E-state index contributed by atoms with van der Waals surface area (Å²) in [6, 6.07) is 6.33. The van der Waals surface area contributed by atoms with Crippen molar-refractivity contribution >= 4 is 17.8 Å². The summed E-state index contributed by atoms with van der Waals surface area (Å²) in [6.45, 7) is -0.128. The summed E-state index contributed by atoms with van der Waals surface area (Å²) in [5, 5.41) is 4.50. The summed E-state index contributed by atoms with van der Waals surface area (Å²) in [5.41, 5.74) is -3.49. The van der Waals surface area contributed by atoms with Gasteiger partial charge in [-0.15, -0.1) is 0 Å². The molecule has 164 valence electrons. The van der Waals surface area contributed by atoms with Crippen molar-refractivity contribution in [2.24, 2.45) is 0 Å². The van der Waals surface area contributed by atoms with Crippen LogP contribution in [0.3, 0.4) is 0 Å². The largest absolute Gasteiger partial charge is 0.416 e. The first-order valence-corrected chi connectivity index (χ1v) is 8.95. The lowest BCUT2D eigenvalue weighted by atomic mass is 9.91. The molecule has 1 aliphatic heterocycles. The predicted molar refractivity (Wildman–Crippen MR) is 97.2 cm³/mol. The highest BCUT2D eigenvalue weighted by molar-refractivity contribution is 6.09. The maximum absolute atomic E-state index is 14.1. The minimum atomic E-state index is -4.84. The highest BCUT2D eigenvalue weighted by Crippen LogP contribution is 2.33. The van der Waals surface area contributed by atoms with Crippen LogP contribution in [-0.4, -0.2) is 29.3 Å². The van der Waals surface area contributed by atoms with Gasteiger partial charge in [0.15, 0.2) is 0 Å². The molecule has 0 aliphatic carbocycles. The van der Waals surface area contributed by atoms with Gasteiger partial charge in [0, 0.05) is 12.1 Å². The molecule has 2 aromatic carbocycles. The van der Waals surface area contributed by atoms with Crippen LogP contribution in [0.25, 0.3) is 0 Å². The van der Waals surface area contributed by atoms with Gasteiger partial charge in [-0.25, -0.2) is 13.6 Å². The van der Waals surface area contributed by atoms with Gasteiger partial charge in [-0.2, -0.15) is 13.2 Å². The number of nitrogens with one attached hydrogen (secondary N) is 2. The van der Waals surface area contributed by atoms with Crippen LogP contribution in [0.5, 0.6) is 0 Å². The quantitative estimate of drug-likeness (QED) is 0.553. The second-order valence-corrected chi connectivity index (χ2v) is 7.00. The summed E-state index contributed by atoms with van der Waals surface area (Å²) < 4.78 is 66.4. The first-order valence-electron chi connectivity index (χ1n) is 8.95. The molecule has 1 heterocycles. The molecule has 0 aromatic heterocycles. The number of nitrogens with zero attached hydrogens (tertiary/aromatic N) is 1. The Hall–Kier alpha value is -3.50. The van der Waals surface area contributed by atoms with Crippen molar-refractivity contribution in [1.29, 1.82) is 0 Å². The topological polar surface area (TPSA) is 78.5 Å². The van der Waals surface area contributed by atoms with Crippen molar-refractivity contribution < 1.29 is 36.3 Å². The van der Waals surface area contributed by atoms with Crippen molar-refractivity contribution in [3.63, 3.8) is 0 Å². The van der Waals surface area contributed by atoms with E-state index in [-0.39, 0.29) is 5.56 Å². The minimum absolute atomic E-state index is 0.0996. The molecule has 31 heavy (non-hydrogen) atoms.